The largest absolute Gasteiger partial charge is 0.492 e. The Labute approximate surface area is 136 Å². The zero-order valence-corrected chi connectivity index (χ0v) is 14.0. The SMILES string of the molecule is Cc1cccc(OCC(C)NS(=O)(=O)N2CCCC2C(=O)O)c1. The Morgan fingerprint density at radius 2 is 2.26 bits per heavy atom. The molecule has 128 valence electrons. The van der Waals surface area contributed by atoms with E-state index in [2.05, 4.69) is 4.72 Å². The van der Waals surface area contributed by atoms with E-state index in [1.807, 2.05) is 25.1 Å². The van der Waals surface area contributed by atoms with E-state index in [4.69, 9.17) is 9.84 Å². The molecule has 1 heterocycles. The van der Waals surface area contributed by atoms with E-state index in [0.717, 1.165) is 9.87 Å². The van der Waals surface area contributed by atoms with E-state index < -0.39 is 28.3 Å². The number of carbonyl (C=O) groups is 1. The van der Waals surface area contributed by atoms with Crippen LogP contribution in [0, 0.1) is 6.92 Å². The normalized spacial score (nSPS) is 20.3. The van der Waals surface area contributed by atoms with Gasteiger partial charge in [-0.1, -0.05) is 12.1 Å². The smallest absolute Gasteiger partial charge is 0.322 e. The molecular formula is C15H22N2O5S. The van der Waals surface area contributed by atoms with Crippen LogP contribution in [0.5, 0.6) is 5.75 Å². The molecule has 1 fully saturated rings. The number of aliphatic carboxylic acids is 1. The summed E-state index contributed by atoms with van der Waals surface area (Å²) < 4.78 is 33.7. The molecule has 0 radical (unpaired) electrons. The Morgan fingerprint density at radius 1 is 1.52 bits per heavy atom. The zero-order valence-electron chi connectivity index (χ0n) is 13.2. The second-order valence-corrected chi connectivity index (χ2v) is 7.41. The Balaban J connectivity index is 1.93. The number of carboxylic acid groups (broad SMARTS) is 1. The molecular weight excluding hydrogens is 320 g/mol. The number of hydrogen-bond acceptors (Lipinski definition) is 4. The second kappa shape index (κ2) is 7.29. The fourth-order valence-electron chi connectivity index (χ4n) is 2.56. The Kier molecular flexibility index (Phi) is 5.61. The first-order valence-corrected chi connectivity index (χ1v) is 8.95. The molecule has 2 atom stereocenters. The predicted octanol–water partition coefficient (Wildman–Crippen LogP) is 1.15. The highest BCUT2D eigenvalue weighted by Crippen LogP contribution is 2.20. The molecule has 1 aromatic rings. The number of nitrogens with zero attached hydrogens (tertiary/aromatic N) is 1. The highest BCUT2D eigenvalue weighted by Gasteiger charge is 2.39. The van der Waals surface area contributed by atoms with Crippen LogP contribution in [0.3, 0.4) is 0 Å². The van der Waals surface area contributed by atoms with Crippen LogP contribution >= 0.6 is 0 Å². The summed E-state index contributed by atoms with van der Waals surface area (Å²) in [5.41, 5.74) is 1.05. The molecule has 0 bridgehead atoms. The van der Waals surface area contributed by atoms with Gasteiger partial charge in [0.05, 0.1) is 6.04 Å². The lowest BCUT2D eigenvalue weighted by Crippen LogP contribution is -2.50. The van der Waals surface area contributed by atoms with E-state index in [0.29, 0.717) is 18.6 Å². The minimum absolute atomic E-state index is 0.161. The fraction of sp³-hybridized carbons (Fsp3) is 0.533. The summed E-state index contributed by atoms with van der Waals surface area (Å²) in [6.45, 7) is 4.00. The average Bonchev–Trinajstić information content (AvgIpc) is 2.95. The zero-order chi connectivity index (χ0) is 17.0. The van der Waals surface area contributed by atoms with Gasteiger partial charge in [-0.15, -0.1) is 0 Å². The molecule has 1 aliphatic heterocycles. The summed E-state index contributed by atoms with van der Waals surface area (Å²) in [5, 5.41) is 9.10. The molecule has 7 nitrogen and oxygen atoms in total. The quantitative estimate of drug-likeness (QED) is 0.775. The summed E-state index contributed by atoms with van der Waals surface area (Å²) in [6, 6.07) is 6.00. The number of nitrogens with one attached hydrogen (secondary N) is 1. The Bertz CT molecular complexity index is 662. The van der Waals surface area contributed by atoms with Crippen LogP contribution < -0.4 is 9.46 Å². The molecule has 0 amide bonds. The van der Waals surface area contributed by atoms with Crippen molar-refractivity contribution in [1.29, 1.82) is 0 Å². The summed E-state index contributed by atoms with van der Waals surface area (Å²) in [6.07, 6.45) is 0.885. The van der Waals surface area contributed by atoms with Crippen molar-refractivity contribution < 1.29 is 23.1 Å². The fourth-order valence-corrected chi connectivity index (χ4v) is 4.17. The van der Waals surface area contributed by atoms with Crippen molar-refractivity contribution in [2.24, 2.45) is 0 Å². The minimum Gasteiger partial charge on any atom is -0.492 e. The van der Waals surface area contributed by atoms with E-state index in [1.165, 1.54) is 0 Å². The van der Waals surface area contributed by atoms with Gasteiger partial charge in [-0.25, -0.2) is 0 Å². The molecule has 8 heteroatoms. The van der Waals surface area contributed by atoms with Gasteiger partial charge in [-0.2, -0.15) is 17.4 Å². The average molecular weight is 342 g/mol. The van der Waals surface area contributed by atoms with E-state index in [1.54, 1.807) is 13.0 Å². The number of carboxylic acids is 1. The summed E-state index contributed by atoms with van der Waals surface area (Å²) in [7, 11) is -3.84. The van der Waals surface area contributed by atoms with Gasteiger partial charge in [0.15, 0.2) is 0 Å². The van der Waals surface area contributed by atoms with Gasteiger partial charge in [0.25, 0.3) is 10.2 Å². The lowest BCUT2D eigenvalue weighted by Gasteiger charge is -2.23. The summed E-state index contributed by atoms with van der Waals surface area (Å²) in [4.78, 5) is 11.1. The maximum absolute atomic E-state index is 12.3. The number of aryl methyl sites for hydroxylation is 1. The van der Waals surface area contributed by atoms with Gasteiger partial charge in [0.2, 0.25) is 0 Å². The van der Waals surface area contributed by atoms with Crippen LogP contribution in [0.15, 0.2) is 24.3 Å². The third-order valence-corrected chi connectivity index (χ3v) is 5.39. The molecule has 0 aromatic heterocycles. The number of benzene rings is 1. The molecule has 1 aliphatic rings. The lowest BCUT2D eigenvalue weighted by atomic mass is 10.2. The molecule has 2 unspecified atom stereocenters. The van der Waals surface area contributed by atoms with Crippen molar-refractivity contribution >= 4 is 16.2 Å². The van der Waals surface area contributed by atoms with Crippen molar-refractivity contribution in [3.8, 4) is 5.75 Å². The van der Waals surface area contributed by atoms with Gasteiger partial charge < -0.3 is 9.84 Å². The topological polar surface area (TPSA) is 95.9 Å². The summed E-state index contributed by atoms with van der Waals surface area (Å²) in [5.74, 6) is -0.447. The third-order valence-electron chi connectivity index (χ3n) is 3.64. The molecule has 0 saturated carbocycles. The van der Waals surface area contributed by atoms with Crippen molar-refractivity contribution in [3.05, 3.63) is 29.8 Å². The van der Waals surface area contributed by atoms with Gasteiger partial charge in [0, 0.05) is 6.54 Å². The molecule has 23 heavy (non-hydrogen) atoms. The molecule has 2 N–H and O–H groups in total. The highest BCUT2D eigenvalue weighted by molar-refractivity contribution is 7.87. The highest BCUT2D eigenvalue weighted by atomic mass is 32.2. The van der Waals surface area contributed by atoms with E-state index in [9.17, 15) is 13.2 Å². The number of ether oxygens (including phenoxy) is 1. The summed E-state index contributed by atoms with van der Waals surface area (Å²) >= 11 is 0. The third kappa shape index (κ3) is 4.66. The van der Waals surface area contributed by atoms with Crippen LogP contribution in [-0.4, -0.2) is 49.0 Å². The standard InChI is InChI=1S/C15H22N2O5S/c1-11-5-3-6-13(9-11)22-10-12(2)16-23(20,21)17-8-4-7-14(17)15(18)19/h3,5-6,9,12,14,16H,4,7-8,10H2,1-2H3,(H,18,19). The maximum atomic E-state index is 12.3. The van der Waals surface area contributed by atoms with Crippen LogP contribution in [-0.2, 0) is 15.0 Å². The van der Waals surface area contributed by atoms with Crippen molar-refractivity contribution in [2.75, 3.05) is 13.2 Å². The number of hydrogen-bond donors (Lipinski definition) is 2. The molecule has 1 saturated heterocycles. The van der Waals surface area contributed by atoms with Crippen molar-refractivity contribution in [1.82, 2.24) is 9.03 Å². The Morgan fingerprint density at radius 3 is 2.91 bits per heavy atom. The first-order chi connectivity index (χ1) is 10.8. The van der Waals surface area contributed by atoms with E-state index in [-0.39, 0.29) is 13.2 Å². The van der Waals surface area contributed by atoms with Gasteiger partial charge in [-0.3, -0.25) is 4.79 Å². The van der Waals surface area contributed by atoms with Crippen molar-refractivity contribution in [2.45, 2.75) is 38.8 Å². The maximum Gasteiger partial charge on any atom is 0.322 e. The molecule has 1 aromatic carbocycles. The predicted molar refractivity (Wildman–Crippen MR) is 85.6 cm³/mol. The molecule has 0 aliphatic carbocycles. The van der Waals surface area contributed by atoms with Gasteiger partial charge in [-0.05, 0) is 44.4 Å². The first kappa shape index (κ1) is 17.7. The van der Waals surface area contributed by atoms with Crippen LogP contribution in [0.2, 0.25) is 0 Å². The molecule has 2 rings (SSSR count). The van der Waals surface area contributed by atoms with Crippen molar-refractivity contribution in [3.63, 3.8) is 0 Å². The second-order valence-electron chi connectivity index (χ2n) is 5.76. The van der Waals surface area contributed by atoms with Crippen LogP contribution in [0.25, 0.3) is 0 Å². The lowest BCUT2D eigenvalue weighted by molar-refractivity contribution is -0.140. The van der Waals surface area contributed by atoms with Gasteiger partial charge in [0.1, 0.15) is 18.4 Å². The van der Waals surface area contributed by atoms with Crippen LogP contribution in [0.1, 0.15) is 25.3 Å². The minimum atomic E-state index is -3.84. The van der Waals surface area contributed by atoms with Crippen LogP contribution in [0.4, 0.5) is 0 Å². The Hall–Kier alpha value is -1.64. The monoisotopic (exact) mass is 342 g/mol. The first-order valence-electron chi connectivity index (χ1n) is 7.51. The van der Waals surface area contributed by atoms with E-state index >= 15 is 0 Å². The van der Waals surface area contributed by atoms with Gasteiger partial charge >= 0.3 is 5.97 Å². The molecule has 0 spiro atoms. The number of rotatable bonds is 7.